The van der Waals surface area contributed by atoms with Gasteiger partial charge in [0.1, 0.15) is 5.69 Å². The van der Waals surface area contributed by atoms with E-state index in [1.807, 2.05) is 0 Å². The Balaban J connectivity index is 2.72. The minimum absolute atomic E-state index is 0.0203. The number of halogens is 5. The van der Waals surface area contributed by atoms with Crippen molar-refractivity contribution in [1.29, 1.82) is 0 Å². The lowest BCUT2D eigenvalue weighted by Crippen LogP contribution is -1.91. The van der Waals surface area contributed by atoms with Crippen LogP contribution in [0.1, 0.15) is 0 Å². The van der Waals surface area contributed by atoms with Crippen molar-refractivity contribution in [3.05, 3.63) is 50.3 Å². The van der Waals surface area contributed by atoms with Crippen molar-refractivity contribution in [2.75, 3.05) is 0 Å². The molecule has 6 heteroatoms. The average Bonchev–Trinajstić information content (AvgIpc) is 2.27. The third kappa shape index (κ3) is 2.50. The lowest BCUT2D eigenvalue weighted by molar-refractivity contribution is 0.626. The van der Waals surface area contributed by atoms with Crippen molar-refractivity contribution < 1.29 is 4.39 Å². The summed E-state index contributed by atoms with van der Waals surface area (Å²) in [5, 5.41) is 0.906. The summed E-state index contributed by atoms with van der Waals surface area (Å²) in [6.45, 7) is 0. The first-order chi connectivity index (χ1) is 8.00. The van der Waals surface area contributed by atoms with E-state index in [4.69, 9.17) is 46.4 Å². The van der Waals surface area contributed by atoms with Gasteiger partial charge < -0.3 is 0 Å². The van der Waals surface area contributed by atoms with Gasteiger partial charge in [0.2, 0.25) is 0 Å². The van der Waals surface area contributed by atoms with Crippen LogP contribution >= 0.6 is 46.4 Å². The smallest absolute Gasteiger partial charge is 0.151 e. The standard InChI is InChI=1S/C11H4Cl4FN/c12-5-3-8(16)11(17-4-5)9-6(13)1-2-7(14)10(9)15/h1-4H. The van der Waals surface area contributed by atoms with E-state index in [9.17, 15) is 4.39 Å². The second-order valence-electron chi connectivity index (χ2n) is 3.20. The summed E-state index contributed by atoms with van der Waals surface area (Å²) in [6, 6.07) is 4.20. The molecule has 1 aromatic carbocycles. The van der Waals surface area contributed by atoms with E-state index in [0.29, 0.717) is 0 Å². The van der Waals surface area contributed by atoms with Crippen molar-refractivity contribution in [2.45, 2.75) is 0 Å². The molecule has 0 amide bonds. The molecule has 0 aliphatic carbocycles. The zero-order valence-corrected chi connectivity index (χ0v) is 11.2. The molecule has 88 valence electrons. The van der Waals surface area contributed by atoms with Gasteiger partial charge in [0, 0.05) is 11.8 Å². The van der Waals surface area contributed by atoms with E-state index in [-0.39, 0.29) is 31.3 Å². The number of nitrogens with zero attached hydrogens (tertiary/aromatic N) is 1. The monoisotopic (exact) mass is 309 g/mol. The second-order valence-corrected chi connectivity index (χ2v) is 4.83. The number of benzene rings is 1. The summed E-state index contributed by atoms with van der Waals surface area (Å²) >= 11 is 23.4. The Bertz CT molecular complexity index is 586. The van der Waals surface area contributed by atoms with E-state index in [1.165, 1.54) is 18.3 Å². The number of aromatic nitrogens is 1. The van der Waals surface area contributed by atoms with Crippen LogP contribution in [0.5, 0.6) is 0 Å². The Hall–Kier alpha value is -0.540. The van der Waals surface area contributed by atoms with Crippen LogP contribution < -0.4 is 0 Å². The Morgan fingerprint density at radius 2 is 1.65 bits per heavy atom. The Kier molecular flexibility index (Phi) is 3.79. The number of pyridine rings is 1. The van der Waals surface area contributed by atoms with Crippen LogP contribution in [0.15, 0.2) is 24.4 Å². The van der Waals surface area contributed by atoms with Gasteiger partial charge in [-0.1, -0.05) is 46.4 Å². The summed E-state index contributed by atoms with van der Waals surface area (Å²) in [6.07, 6.45) is 1.31. The van der Waals surface area contributed by atoms with Gasteiger partial charge in [-0.15, -0.1) is 0 Å². The molecule has 0 aliphatic rings. The van der Waals surface area contributed by atoms with E-state index in [1.54, 1.807) is 0 Å². The third-order valence-electron chi connectivity index (χ3n) is 2.09. The molecule has 1 aromatic heterocycles. The lowest BCUT2D eigenvalue weighted by atomic mass is 10.1. The van der Waals surface area contributed by atoms with Crippen LogP contribution in [0.3, 0.4) is 0 Å². The summed E-state index contributed by atoms with van der Waals surface area (Å²) in [4.78, 5) is 3.88. The minimum Gasteiger partial charge on any atom is -0.252 e. The zero-order chi connectivity index (χ0) is 12.6. The van der Waals surface area contributed by atoms with Gasteiger partial charge in [0.05, 0.1) is 20.1 Å². The van der Waals surface area contributed by atoms with Crippen LogP contribution in [-0.2, 0) is 0 Å². The quantitative estimate of drug-likeness (QED) is 0.634. The summed E-state index contributed by atoms with van der Waals surface area (Å²) in [7, 11) is 0. The maximum Gasteiger partial charge on any atom is 0.151 e. The molecule has 0 aliphatic heterocycles. The predicted octanol–water partition coefficient (Wildman–Crippen LogP) is 5.50. The summed E-state index contributed by atoms with van der Waals surface area (Å²) in [5.74, 6) is -0.608. The first-order valence-corrected chi connectivity index (χ1v) is 5.97. The van der Waals surface area contributed by atoms with Crippen LogP contribution in [0.25, 0.3) is 11.3 Å². The SMILES string of the molecule is Fc1cc(Cl)cnc1-c1c(Cl)ccc(Cl)c1Cl. The molecular weight excluding hydrogens is 307 g/mol. The molecule has 0 radical (unpaired) electrons. The average molecular weight is 311 g/mol. The highest BCUT2D eigenvalue weighted by molar-refractivity contribution is 6.46. The first kappa shape index (κ1) is 12.9. The first-order valence-electron chi connectivity index (χ1n) is 4.45. The second kappa shape index (κ2) is 4.99. The van der Waals surface area contributed by atoms with Gasteiger partial charge in [0.25, 0.3) is 0 Å². The van der Waals surface area contributed by atoms with Crippen LogP contribution in [-0.4, -0.2) is 4.98 Å². The maximum absolute atomic E-state index is 13.7. The van der Waals surface area contributed by atoms with Crippen LogP contribution in [0.4, 0.5) is 4.39 Å². The van der Waals surface area contributed by atoms with E-state index < -0.39 is 5.82 Å². The van der Waals surface area contributed by atoms with Gasteiger partial charge in [-0.05, 0) is 18.2 Å². The molecule has 0 fully saturated rings. The summed E-state index contributed by atoms with van der Waals surface area (Å²) < 4.78 is 13.7. The number of hydrogen-bond acceptors (Lipinski definition) is 1. The van der Waals surface area contributed by atoms with Crippen LogP contribution in [0.2, 0.25) is 20.1 Å². The molecule has 0 unspecified atom stereocenters. The molecule has 0 saturated heterocycles. The molecule has 2 aromatic rings. The highest BCUT2D eigenvalue weighted by Gasteiger charge is 2.16. The molecule has 0 bridgehead atoms. The molecule has 0 spiro atoms. The molecule has 1 heterocycles. The van der Waals surface area contributed by atoms with Crippen molar-refractivity contribution >= 4 is 46.4 Å². The van der Waals surface area contributed by atoms with E-state index in [2.05, 4.69) is 4.98 Å². The van der Waals surface area contributed by atoms with E-state index >= 15 is 0 Å². The van der Waals surface area contributed by atoms with Gasteiger partial charge in [-0.2, -0.15) is 0 Å². The molecule has 2 rings (SSSR count). The van der Waals surface area contributed by atoms with Crippen molar-refractivity contribution in [3.63, 3.8) is 0 Å². The molecule has 17 heavy (non-hydrogen) atoms. The van der Waals surface area contributed by atoms with Crippen molar-refractivity contribution in [3.8, 4) is 11.3 Å². The molecule has 1 nitrogen and oxygen atoms in total. The van der Waals surface area contributed by atoms with Gasteiger partial charge in [-0.3, -0.25) is 4.98 Å². The van der Waals surface area contributed by atoms with Gasteiger partial charge in [0.15, 0.2) is 5.82 Å². The topological polar surface area (TPSA) is 12.9 Å². The van der Waals surface area contributed by atoms with Gasteiger partial charge >= 0.3 is 0 Å². The van der Waals surface area contributed by atoms with Crippen molar-refractivity contribution in [2.24, 2.45) is 0 Å². The van der Waals surface area contributed by atoms with Gasteiger partial charge in [-0.25, -0.2) is 4.39 Å². The zero-order valence-electron chi connectivity index (χ0n) is 8.15. The van der Waals surface area contributed by atoms with E-state index in [0.717, 1.165) is 6.07 Å². The summed E-state index contributed by atoms with van der Waals surface area (Å²) in [5.41, 5.74) is 0.280. The third-order valence-corrected chi connectivity index (χ3v) is 3.41. The Morgan fingerprint density at radius 1 is 1.00 bits per heavy atom. The largest absolute Gasteiger partial charge is 0.252 e. The molecule has 0 saturated carbocycles. The fourth-order valence-corrected chi connectivity index (χ4v) is 2.19. The molecular formula is C11H4Cl4FN. The molecule has 0 N–H and O–H groups in total. The molecule has 0 atom stereocenters. The lowest BCUT2D eigenvalue weighted by Gasteiger charge is -2.08. The van der Waals surface area contributed by atoms with Crippen LogP contribution in [0, 0.1) is 5.82 Å². The Morgan fingerprint density at radius 3 is 2.29 bits per heavy atom. The Labute approximate surface area is 117 Å². The minimum atomic E-state index is -0.608. The fourth-order valence-electron chi connectivity index (χ4n) is 1.34. The highest BCUT2D eigenvalue weighted by atomic mass is 35.5. The highest BCUT2D eigenvalue weighted by Crippen LogP contribution is 2.39. The fraction of sp³-hybridized carbons (Fsp3) is 0. The maximum atomic E-state index is 13.7. The van der Waals surface area contributed by atoms with Crippen molar-refractivity contribution in [1.82, 2.24) is 4.98 Å². The predicted molar refractivity (Wildman–Crippen MR) is 69.7 cm³/mol. The normalized spacial score (nSPS) is 10.6. The number of rotatable bonds is 1. The number of hydrogen-bond donors (Lipinski definition) is 0.